The molecule has 0 radical (unpaired) electrons. The molecular formula is C19H20BrNO3. The number of methoxy groups -OCH3 is 1. The summed E-state index contributed by atoms with van der Waals surface area (Å²) < 4.78 is 5.64. The van der Waals surface area contributed by atoms with Crippen LogP contribution in [-0.4, -0.2) is 25.0 Å². The number of hydrogen-bond acceptors (Lipinski definition) is 3. The first-order chi connectivity index (χ1) is 11.4. The van der Waals surface area contributed by atoms with Gasteiger partial charge in [-0.2, -0.15) is 0 Å². The van der Waals surface area contributed by atoms with Gasteiger partial charge in [-0.25, -0.2) is 4.79 Å². The molecule has 5 heteroatoms. The Bertz CT molecular complexity index is 758. The van der Waals surface area contributed by atoms with Crippen LogP contribution in [0.5, 0.6) is 0 Å². The van der Waals surface area contributed by atoms with E-state index in [1.807, 2.05) is 38.1 Å². The Kier molecular flexibility index (Phi) is 6.15. The lowest BCUT2D eigenvalue weighted by Gasteiger charge is -2.17. The van der Waals surface area contributed by atoms with Crippen molar-refractivity contribution in [3.05, 3.63) is 69.2 Å². The quantitative estimate of drug-likeness (QED) is 0.795. The molecule has 0 bridgehead atoms. The van der Waals surface area contributed by atoms with Gasteiger partial charge in [-0.05, 0) is 48.7 Å². The zero-order valence-electron chi connectivity index (χ0n) is 13.9. The van der Waals surface area contributed by atoms with E-state index in [4.69, 9.17) is 4.74 Å². The van der Waals surface area contributed by atoms with Gasteiger partial charge in [0.25, 0.3) is 5.91 Å². The van der Waals surface area contributed by atoms with Crippen LogP contribution < -0.4 is 5.32 Å². The Hall–Kier alpha value is -2.14. The number of nitrogens with one attached hydrogen (secondary N) is 1. The molecule has 4 nitrogen and oxygen atoms in total. The van der Waals surface area contributed by atoms with Crippen LogP contribution in [0.1, 0.15) is 27.0 Å². The molecule has 0 fully saturated rings. The van der Waals surface area contributed by atoms with E-state index >= 15 is 0 Å². The second-order valence-corrected chi connectivity index (χ2v) is 6.60. The summed E-state index contributed by atoms with van der Waals surface area (Å²) in [5, 5.41) is 2.76. The van der Waals surface area contributed by atoms with Crippen LogP contribution in [0.3, 0.4) is 0 Å². The van der Waals surface area contributed by atoms with Crippen molar-refractivity contribution in [3.63, 3.8) is 0 Å². The maximum Gasteiger partial charge on any atom is 0.328 e. The average Bonchev–Trinajstić information content (AvgIpc) is 2.56. The molecule has 0 aliphatic heterocycles. The molecule has 0 spiro atoms. The Morgan fingerprint density at radius 3 is 2.50 bits per heavy atom. The molecule has 24 heavy (non-hydrogen) atoms. The Morgan fingerprint density at radius 2 is 1.88 bits per heavy atom. The Labute approximate surface area is 150 Å². The molecule has 1 atom stereocenters. The highest BCUT2D eigenvalue weighted by atomic mass is 79.9. The fraction of sp³-hybridized carbons (Fsp3) is 0.263. The minimum absolute atomic E-state index is 0.310. The molecule has 0 saturated carbocycles. The van der Waals surface area contributed by atoms with Gasteiger partial charge in [0.05, 0.1) is 7.11 Å². The van der Waals surface area contributed by atoms with Crippen molar-refractivity contribution in [1.82, 2.24) is 5.32 Å². The lowest BCUT2D eigenvalue weighted by Crippen LogP contribution is -2.43. The lowest BCUT2D eigenvalue weighted by atomic mass is 10.0. The van der Waals surface area contributed by atoms with E-state index in [-0.39, 0.29) is 5.91 Å². The summed E-state index contributed by atoms with van der Waals surface area (Å²) in [6.45, 7) is 4.05. The molecule has 2 aromatic carbocycles. The zero-order valence-corrected chi connectivity index (χ0v) is 15.5. The SMILES string of the molecule is COC(=O)[C@@H](Cc1ccc(C)c(C)c1)NC(=O)c1cccc(Br)c1. The molecule has 1 N–H and O–H groups in total. The van der Waals surface area contributed by atoms with Crippen molar-refractivity contribution in [3.8, 4) is 0 Å². The monoisotopic (exact) mass is 389 g/mol. The van der Waals surface area contributed by atoms with Crippen LogP contribution in [-0.2, 0) is 16.0 Å². The van der Waals surface area contributed by atoms with Crippen LogP contribution in [0.2, 0.25) is 0 Å². The van der Waals surface area contributed by atoms with E-state index in [1.54, 1.807) is 18.2 Å². The number of halogens is 1. The van der Waals surface area contributed by atoms with Gasteiger partial charge in [0, 0.05) is 16.5 Å². The summed E-state index contributed by atoms with van der Waals surface area (Å²) in [4.78, 5) is 24.5. The second-order valence-electron chi connectivity index (χ2n) is 5.68. The molecule has 0 heterocycles. The minimum atomic E-state index is -0.733. The van der Waals surface area contributed by atoms with Crippen LogP contribution in [0.4, 0.5) is 0 Å². The third kappa shape index (κ3) is 4.68. The molecule has 2 rings (SSSR count). The van der Waals surface area contributed by atoms with E-state index in [0.29, 0.717) is 12.0 Å². The maximum atomic E-state index is 12.4. The second kappa shape index (κ2) is 8.11. The first kappa shape index (κ1) is 18.2. The average molecular weight is 390 g/mol. The van der Waals surface area contributed by atoms with Gasteiger partial charge in [0.1, 0.15) is 6.04 Å². The van der Waals surface area contributed by atoms with Crippen LogP contribution in [0.15, 0.2) is 46.9 Å². The van der Waals surface area contributed by atoms with Crippen molar-refractivity contribution in [2.24, 2.45) is 0 Å². The van der Waals surface area contributed by atoms with Crippen LogP contribution in [0, 0.1) is 13.8 Å². The number of rotatable bonds is 5. The number of carbonyl (C=O) groups is 2. The zero-order chi connectivity index (χ0) is 17.7. The van der Waals surface area contributed by atoms with E-state index in [2.05, 4.69) is 21.2 Å². The predicted molar refractivity (Wildman–Crippen MR) is 97.0 cm³/mol. The van der Waals surface area contributed by atoms with Gasteiger partial charge in [-0.3, -0.25) is 4.79 Å². The number of esters is 1. The summed E-state index contributed by atoms with van der Waals surface area (Å²) in [5.41, 5.74) is 3.79. The number of ether oxygens (including phenoxy) is 1. The molecule has 2 aromatic rings. The van der Waals surface area contributed by atoms with Gasteiger partial charge >= 0.3 is 5.97 Å². The van der Waals surface area contributed by atoms with Gasteiger partial charge in [-0.1, -0.05) is 40.2 Å². The number of aryl methyl sites for hydroxylation is 2. The Morgan fingerprint density at radius 1 is 1.12 bits per heavy atom. The van der Waals surface area contributed by atoms with Crippen molar-refractivity contribution >= 4 is 27.8 Å². The third-order valence-electron chi connectivity index (χ3n) is 3.89. The van der Waals surface area contributed by atoms with Crippen molar-refractivity contribution < 1.29 is 14.3 Å². The number of benzene rings is 2. The summed E-state index contributed by atoms with van der Waals surface area (Å²) in [7, 11) is 1.32. The largest absolute Gasteiger partial charge is 0.467 e. The first-order valence-electron chi connectivity index (χ1n) is 7.61. The summed E-state index contributed by atoms with van der Waals surface area (Å²) in [6.07, 6.45) is 0.382. The predicted octanol–water partition coefficient (Wildman–Crippen LogP) is 3.58. The standard InChI is InChI=1S/C19H20BrNO3/c1-12-7-8-14(9-13(12)2)10-17(19(23)24-3)21-18(22)15-5-4-6-16(20)11-15/h4-9,11,17H,10H2,1-3H3,(H,21,22)/t17-/m1/s1. The van der Waals surface area contributed by atoms with Crippen molar-refractivity contribution in [2.75, 3.05) is 7.11 Å². The number of hydrogen-bond donors (Lipinski definition) is 1. The van der Waals surface area contributed by atoms with E-state index in [1.165, 1.54) is 12.7 Å². The van der Waals surface area contributed by atoms with Crippen molar-refractivity contribution in [2.45, 2.75) is 26.3 Å². The summed E-state index contributed by atoms with van der Waals surface area (Å²) in [5.74, 6) is -0.771. The fourth-order valence-corrected chi connectivity index (χ4v) is 2.77. The molecule has 0 aromatic heterocycles. The van der Waals surface area contributed by atoms with Crippen LogP contribution >= 0.6 is 15.9 Å². The minimum Gasteiger partial charge on any atom is -0.467 e. The number of carbonyl (C=O) groups excluding carboxylic acids is 2. The van der Waals surface area contributed by atoms with E-state index in [9.17, 15) is 9.59 Å². The summed E-state index contributed by atoms with van der Waals surface area (Å²) in [6, 6.07) is 12.3. The number of amides is 1. The van der Waals surface area contributed by atoms with Crippen LogP contribution in [0.25, 0.3) is 0 Å². The highest BCUT2D eigenvalue weighted by Crippen LogP contribution is 2.14. The van der Waals surface area contributed by atoms with Gasteiger partial charge in [0.2, 0.25) is 0 Å². The molecule has 126 valence electrons. The first-order valence-corrected chi connectivity index (χ1v) is 8.40. The highest BCUT2D eigenvalue weighted by molar-refractivity contribution is 9.10. The molecular weight excluding hydrogens is 370 g/mol. The fourth-order valence-electron chi connectivity index (χ4n) is 2.37. The normalized spacial score (nSPS) is 11.7. The van der Waals surface area contributed by atoms with Gasteiger partial charge in [0.15, 0.2) is 0 Å². The lowest BCUT2D eigenvalue weighted by molar-refractivity contribution is -0.142. The Balaban J connectivity index is 2.17. The van der Waals surface area contributed by atoms with Gasteiger partial charge < -0.3 is 10.1 Å². The summed E-state index contributed by atoms with van der Waals surface area (Å²) >= 11 is 3.34. The smallest absolute Gasteiger partial charge is 0.328 e. The van der Waals surface area contributed by atoms with E-state index in [0.717, 1.165) is 15.6 Å². The molecule has 0 unspecified atom stereocenters. The molecule has 0 saturated heterocycles. The van der Waals surface area contributed by atoms with Gasteiger partial charge in [-0.15, -0.1) is 0 Å². The molecule has 1 amide bonds. The molecule has 0 aliphatic carbocycles. The third-order valence-corrected chi connectivity index (χ3v) is 4.38. The molecule has 0 aliphatic rings. The maximum absolute atomic E-state index is 12.4. The highest BCUT2D eigenvalue weighted by Gasteiger charge is 2.22. The van der Waals surface area contributed by atoms with Crippen molar-refractivity contribution in [1.29, 1.82) is 0 Å². The topological polar surface area (TPSA) is 55.4 Å². The van der Waals surface area contributed by atoms with E-state index < -0.39 is 12.0 Å².